The van der Waals surface area contributed by atoms with Crippen molar-refractivity contribution in [2.24, 2.45) is 0 Å². The summed E-state index contributed by atoms with van der Waals surface area (Å²) >= 11 is 0. The Balaban J connectivity index is 1.24. The third-order valence-corrected chi connectivity index (χ3v) is 4.83. The van der Waals surface area contributed by atoms with Crippen molar-refractivity contribution in [1.29, 1.82) is 0 Å². The van der Waals surface area contributed by atoms with Crippen LogP contribution < -0.4 is 19.5 Å². The molecule has 2 aromatic heterocycles. The molecule has 0 aliphatic rings. The predicted octanol–water partition coefficient (Wildman–Crippen LogP) is 4.77. The minimum atomic E-state index is -0.296. The van der Waals surface area contributed by atoms with Gasteiger partial charge in [0, 0.05) is 24.5 Å². The van der Waals surface area contributed by atoms with Gasteiger partial charge in [-0.3, -0.25) is 9.78 Å². The van der Waals surface area contributed by atoms with E-state index in [-0.39, 0.29) is 18.3 Å². The summed E-state index contributed by atoms with van der Waals surface area (Å²) in [5, 5.41) is 2.86. The number of benzene rings is 2. The first kappa shape index (κ1) is 22.0. The van der Waals surface area contributed by atoms with Crippen molar-refractivity contribution in [2.45, 2.75) is 19.8 Å². The number of hydrogen-bond donors (Lipinski definition) is 1. The Kier molecular flexibility index (Phi) is 7.22. The second-order valence-electron chi connectivity index (χ2n) is 7.18. The molecule has 0 aliphatic heterocycles. The fraction of sp³-hybridized carbons (Fsp3) is 0.154. The van der Waals surface area contributed by atoms with Crippen molar-refractivity contribution in [1.82, 2.24) is 10.3 Å². The van der Waals surface area contributed by atoms with E-state index >= 15 is 0 Å². The van der Waals surface area contributed by atoms with Gasteiger partial charge >= 0.3 is 0 Å². The number of rotatable bonds is 10. The Labute approximate surface area is 191 Å². The molecule has 7 nitrogen and oxygen atoms in total. The molecule has 0 aliphatic carbocycles. The van der Waals surface area contributed by atoms with Gasteiger partial charge in [-0.15, -0.1) is 0 Å². The molecule has 0 fully saturated rings. The zero-order valence-electron chi connectivity index (χ0n) is 18.2. The summed E-state index contributed by atoms with van der Waals surface area (Å²) < 4.78 is 22.4. The standard InChI is InChI=1S/C26H24N2O5/c1-30-23-6-2-3-7-24(23)32-18-22-12-13-25(33-22)26(29)28-16-19-8-10-21(11-9-19)31-17-20-5-4-14-27-15-20/h2-15H,16-18H2,1H3,(H,28,29). The number of nitrogens with one attached hydrogen (secondary N) is 1. The Morgan fingerprint density at radius 1 is 0.879 bits per heavy atom. The molecule has 0 atom stereocenters. The fourth-order valence-electron chi connectivity index (χ4n) is 3.09. The van der Waals surface area contributed by atoms with Gasteiger partial charge in [-0.1, -0.05) is 30.3 Å². The van der Waals surface area contributed by atoms with Crippen molar-refractivity contribution in [2.75, 3.05) is 7.11 Å². The van der Waals surface area contributed by atoms with E-state index in [1.54, 1.807) is 31.6 Å². The van der Waals surface area contributed by atoms with Gasteiger partial charge in [0.15, 0.2) is 17.3 Å². The summed E-state index contributed by atoms with van der Waals surface area (Å²) in [5.74, 6) is 2.46. The molecule has 0 bridgehead atoms. The lowest BCUT2D eigenvalue weighted by Gasteiger charge is -2.09. The number of nitrogens with zero attached hydrogens (tertiary/aromatic N) is 1. The van der Waals surface area contributed by atoms with Gasteiger partial charge in [0.05, 0.1) is 7.11 Å². The molecule has 0 radical (unpaired) electrons. The van der Waals surface area contributed by atoms with Gasteiger partial charge in [-0.25, -0.2) is 0 Å². The summed E-state index contributed by atoms with van der Waals surface area (Å²) in [6.45, 7) is 1.01. The van der Waals surface area contributed by atoms with Crippen LogP contribution in [0.15, 0.2) is 89.6 Å². The zero-order valence-corrected chi connectivity index (χ0v) is 18.2. The molecule has 0 saturated heterocycles. The molecule has 7 heteroatoms. The number of ether oxygens (including phenoxy) is 3. The highest BCUT2D eigenvalue weighted by Gasteiger charge is 2.12. The first-order chi connectivity index (χ1) is 16.2. The van der Waals surface area contributed by atoms with Crippen molar-refractivity contribution in [3.05, 3.63) is 108 Å². The number of para-hydroxylation sites is 2. The second kappa shape index (κ2) is 10.9. The first-order valence-electron chi connectivity index (χ1n) is 10.4. The Morgan fingerprint density at radius 3 is 2.45 bits per heavy atom. The normalized spacial score (nSPS) is 10.5. The number of pyridine rings is 1. The maximum atomic E-state index is 12.4. The summed E-state index contributed by atoms with van der Waals surface area (Å²) in [6, 6.07) is 22.1. The third kappa shape index (κ3) is 6.13. The number of carbonyl (C=O) groups excluding carboxylic acids is 1. The molecule has 2 aromatic carbocycles. The number of furan rings is 1. The number of carbonyl (C=O) groups is 1. The average Bonchev–Trinajstić information content (AvgIpc) is 3.35. The van der Waals surface area contributed by atoms with Crippen LogP contribution in [0.25, 0.3) is 0 Å². The van der Waals surface area contributed by atoms with Gasteiger partial charge in [-0.2, -0.15) is 0 Å². The van der Waals surface area contributed by atoms with Crippen molar-refractivity contribution in [3.63, 3.8) is 0 Å². The van der Waals surface area contributed by atoms with Crippen LogP contribution in [0.5, 0.6) is 17.2 Å². The van der Waals surface area contributed by atoms with Crippen LogP contribution in [0.3, 0.4) is 0 Å². The Hall–Kier alpha value is -4.26. The van der Waals surface area contributed by atoms with Gasteiger partial charge in [0.25, 0.3) is 5.91 Å². The molecule has 168 valence electrons. The van der Waals surface area contributed by atoms with Crippen molar-refractivity contribution in [3.8, 4) is 17.2 Å². The van der Waals surface area contributed by atoms with E-state index < -0.39 is 0 Å². The smallest absolute Gasteiger partial charge is 0.287 e. The molecule has 0 unspecified atom stereocenters. The van der Waals surface area contributed by atoms with E-state index in [1.807, 2.05) is 60.7 Å². The number of methoxy groups -OCH3 is 1. The molecule has 4 rings (SSSR count). The van der Waals surface area contributed by atoms with Gasteiger partial charge in [0.1, 0.15) is 24.7 Å². The second-order valence-corrected chi connectivity index (χ2v) is 7.18. The minimum absolute atomic E-state index is 0.189. The van der Waals surface area contributed by atoms with Crippen molar-refractivity contribution >= 4 is 5.91 Å². The number of aromatic nitrogens is 1. The average molecular weight is 444 g/mol. The molecule has 0 spiro atoms. The predicted molar refractivity (Wildman–Crippen MR) is 122 cm³/mol. The van der Waals surface area contributed by atoms with Crippen LogP contribution >= 0.6 is 0 Å². The lowest BCUT2D eigenvalue weighted by molar-refractivity contribution is 0.0919. The van der Waals surface area contributed by atoms with Crippen LogP contribution in [0.2, 0.25) is 0 Å². The van der Waals surface area contributed by atoms with Crippen LogP contribution in [0.1, 0.15) is 27.4 Å². The van der Waals surface area contributed by atoms with E-state index in [2.05, 4.69) is 10.3 Å². The summed E-state index contributed by atoms with van der Waals surface area (Å²) in [4.78, 5) is 16.5. The molecule has 33 heavy (non-hydrogen) atoms. The maximum absolute atomic E-state index is 12.4. The lowest BCUT2D eigenvalue weighted by atomic mass is 10.2. The van der Waals surface area contributed by atoms with Crippen LogP contribution in [0.4, 0.5) is 0 Å². The maximum Gasteiger partial charge on any atom is 0.287 e. The van der Waals surface area contributed by atoms with Gasteiger partial charge < -0.3 is 23.9 Å². The highest BCUT2D eigenvalue weighted by Crippen LogP contribution is 2.26. The topological polar surface area (TPSA) is 82.8 Å². The van der Waals surface area contributed by atoms with Crippen LogP contribution in [-0.2, 0) is 19.8 Å². The summed E-state index contributed by atoms with van der Waals surface area (Å²) in [7, 11) is 1.58. The highest BCUT2D eigenvalue weighted by molar-refractivity contribution is 5.91. The molecule has 2 heterocycles. The van der Waals surface area contributed by atoms with Gasteiger partial charge in [-0.05, 0) is 48.0 Å². The van der Waals surface area contributed by atoms with E-state index in [0.29, 0.717) is 30.4 Å². The van der Waals surface area contributed by atoms with E-state index in [9.17, 15) is 4.79 Å². The number of amides is 1. The van der Waals surface area contributed by atoms with E-state index in [4.69, 9.17) is 18.6 Å². The Bertz CT molecular complexity index is 1170. The fourth-order valence-corrected chi connectivity index (χ4v) is 3.09. The Morgan fingerprint density at radius 2 is 1.70 bits per heavy atom. The third-order valence-electron chi connectivity index (χ3n) is 4.83. The SMILES string of the molecule is COc1ccccc1OCc1ccc(C(=O)NCc2ccc(OCc3cccnc3)cc2)o1. The highest BCUT2D eigenvalue weighted by atomic mass is 16.5. The van der Waals surface area contributed by atoms with Crippen LogP contribution in [-0.4, -0.2) is 18.0 Å². The number of hydrogen-bond acceptors (Lipinski definition) is 6. The molecular formula is C26H24N2O5. The van der Waals surface area contributed by atoms with Gasteiger partial charge in [0.2, 0.25) is 0 Å². The monoisotopic (exact) mass is 444 g/mol. The molecule has 1 N–H and O–H groups in total. The summed E-state index contributed by atoms with van der Waals surface area (Å²) in [6.07, 6.45) is 3.50. The zero-order chi connectivity index (χ0) is 22.9. The first-order valence-corrected chi connectivity index (χ1v) is 10.4. The molecular weight excluding hydrogens is 420 g/mol. The van der Waals surface area contributed by atoms with Crippen molar-refractivity contribution < 1.29 is 23.4 Å². The quantitative estimate of drug-likeness (QED) is 0.379. The van der Waals surface area contributed by atoms with E-state index in [1.165, 1.54) is 0 Å². The molecule has 1 amide bonds. The van der Waals surface area contributed by atoms with E-state index in [0.717, 1.165) is 16.9 Å². The molecule has 0 saturated carbocycles. The minimum Gasteiger partial charge on any atom is -0.493 e. The largest absolute Gasteiger partial charge is 0.493 e. The summed E-state index contributed by atoms with van der Waals surface area (Å²) in [5.41, 5.74) is 1.95. The van der Waals surface area contributed by atoms with Crippen LogP contribution in [0, 0.1) is 0 Å². The lowest BCUT2D eigenvalue weighted by Crippen LogP contribution is -2.22. The molecule has 4 aromatic rings.